The second-order valence-electron chi connectivity index (χ2n) is 5.88. The lowest BCUT2D eigenvalue weighted by Gasteiger charge is -2.08. The molecule has 0 fully saturated rings. The van der Waals surface area contributed by atoms with E-state index in [1.807, 2.05) is 0 Å². The predicted molar refractivity (Wildman–Crippen MR) is 92.1 cm³/mol. The molecule has 2 aromatic heterocycles. The van der Waals surface area contributed by atoms with Crippen molar-refractivity contribution in [3.63, 3.8) is 0 Å². The number of nitrogens with one attached hydrogen (secondary N) is 1. The summed E-state index contributed by atoms with van der Waals surface area (Å²) in [4.78, 5) is 14.1. The van der Waals surface area contributed by atoms with Crippen molar-refractivity contribution in [2.75, 3.05) is 0 Å². The van der Waals surface area contributed by atoms with Crippen LogP contribution in [-0.2, 0) is 6.18 Å². The second-order valence-corrected chi connectivity index (χ2v) is 5.88. The van der Waals surface area contributed by atoms with Crippen LogP contribution in [0, 0.1) is 5.82 Å². The van der Waals surface area contributed by atoms with Gasteiger partial charge in [0.2, 0.25) is 5.56 Å². The minimum atomic E-state index is -4.45. The van der Waals surface area contributed by atoms with Gasteiger partial charge in [-0.1, -0.05) is 6.07 Å². The van der Waals surface area contributed by atoms with Crippen LogP contribution in [0.2, 0.25) is 0 Å². The van der Waals surface area contributed by atoms with Crippen molar-refractivity contribution in [2.24, 2.45) is 0 Å². The first-order chi connectivity index (χ1) is 12.8. The Morgan fingerprint density at radius 3 is 2.41 bits per heavy atom. The summed E-state index contributed by atoms with van der Waals surface area (Å²) in [6, 6.07) is 11.6. The number of hydrogen-bond acceptors (Lipinski definition) is 2. The zero-order valence-corrected chi connectivity index (χ0v) is 13.6. The lowest BCUT2D eigenvalue weighted by atomic mass is 10.1. The van der Waals surface area contributed by atoms with Gasteiger partial charge in [-0.3, -0.25) is 4.79 Å². The third-order valence-corrected chi connectivity index (χ3v) is 4.14. The molecule has 0 atom stereocenters. The average molecular weight is 373 g/mol. The van der Waals surface area contributed by atoms with Gasteiger partial charge in [-0.05, 0) is 42.5 Å². The van der Waals surface area contributed by atoms with Gasteiger partial charge in [-0.15, -0.1) is 0 Å². The largest absolute Gasteiger partial charge is 0.416 e. The summed E-state index contributed by atoms with van der Waals surface area (Å²) in [5.41, 5.74) is 0.193. The molecule has 4 nitrogen and oxygen atoms in total. The maximum absolute atomic E-state index is 14.5. The number of aromatic nitrogens is 3. The molecule has 136 valence electrons. The minimum absolute atomic E-state index is 0.183. The molecule has 0 radical (unpaired) electrons. The lowest BCUT2D eigenvalue weighted by molar-refractivity contribution is -0.137. The number of alkyl halides is 3. The van der Waals surface area contributed by atoms with E-state index in [1.165, 1.54) is 41.2 Å². The van der Waals surface area contributed by atoms with Crippen LogP contribution < -0.4 is 5.56 Å². The summed E-state index contributed by atoms with van der Waals surface area (Å²) in [5.74, 6) is -0.541. The first kappa shape index (κ1) is 17.0. The molecule has 0 amide bonds. The molecule has 2 heterocycles. The van der Waals surface area contributed by atoms with Crippen molar-refractivity contribution < 1.29 is 17.6 Å². The zero-order chi connectivity index (χ0) is 19.2. The Bertz CT molecular complexity index is 1190. The van der Waals surface area contributed by atoms with E-state index in [0.29, 0.717) is 16.8 Å². The number of nitrogens with zero attached hydrogens (tertiary/aromatic N) is 2. The van der Waals surface area contributed by atoms with Crippen LogP contribution in [0.1, 0.15) is 5.56 Å². The van der Waals surface area contributed by atoms with E-state index in [2.05, 4.69) is 10.1 Å². The van der Waals surface area contributed by atoms with E-state index in [9.17, 15) is 22.4 Å². The molecule has 27 heavy (non-hydrogen) atoms. The highest BCUT2D eigenvalue weighted by molar-refractivity contribution is 5.94. The van der Waals surface area contributed by atoms with Crippen LogP contribution in [0.4, 0.5) is 17.6 Å². The highest BCUT2D eigenvalue weighted by Crippen LogP contribution is 2.33. The summed E-state index contributed by atoms with van der Waals surface area (Å²) < 4.78 is 54.2. The Hall–Kier alpha value is -3.42. The smallest absolute Gasteiger partial charge is 0.329 e. The number of pyridine rings is 1. The third-order valence-electron chi connectivity index (χ3n) is 4.14. The first-order valence-electron chi connectivity index (χ1n) is 7.88. The van der Waals surface area contributed by atoms with Crippen molar-refractivity contribution >= 4 is 10.9 Å². The van der Waals surface area contributed by atoms with E-state index in [-0.39, 0.29) is 16.6 Å². The number of H-pyrrole nitrogens is 1. The van der Waals surface area contributed by atoms with Gasteiger partial charge in [0.05, 0.1) is 22.2 Å². The van der Waals surface area contributed by atoms with Crippen LogP contribution in [-0.4, -0.2) is 14.8 Å². The number of benzene rings is 2. The van der Waals surface area contributed by atoms with E-state index < -0.39 is 17.6 Å². The normalized spacial score (nSPS) is 11.9. The quantitative estimate of drug-likeness (QED) is 0.525. The molecule has 2 aromatic carbocycles. The van der Waals surface area contributed by atoms with Crippen molar-refractivity contribution in [2.45, 2.75) is 6.18 Å². The SMILES string of the molecule is O=c1cc(-c2nn(-c3ccc(C(F)(F)F)cc3)c3cccc(F)c23)cc[nH]1. The molecule has 4 rings (SSSR count). The Morgan fingerprint density at radius 2 is 1.74 bits per heavy atom. The van der Waals surface area contributed by atoms with Gasteiger partial charge in [-0.2, -0.15) is 18.3 Å². The average Bonchev–Trinajstić information content (AvgIpc) is 3.02. The monoisotopic (exact) mass is 373 g/mol. The second kappa shape index (κ2) is 6.08. The number of rotatable bonds is 2. The van der Waals surface area contributed by atoms with Gasteiger partial charge in [0.1, 0.15) is 11.5 Å². The number of hydrogen-bond donors (Lipinski definition) is 1. The summed E-state index contributed by atoms with van der Waals surface area (Å²) in [6.45, 7) is 0. The van der Waals surface area contributed by atoms with E-state index >= 15 is 0 Å². The lowest BCUT2D eigenvalue weighted by Crippen LogP contribution is -2.05. The van der Waals surface area contributed by atoms with Gasteiger partial charge in [0.25, 0.3) is 0 Å². The molecule has 0 saturated carbocycles. The predicted octanol–water partition coefficient (Wildman–Crippen LogP) is 4.54. The van der Waals surface area contributed by atoms with Crippen molar-refractivity contribution in [1.29, 1.82) is 0 Å². The fraction of sp³-hybridized carbons (Fsp3) is 0.0526. The molecule has 0 aliphatic rings. The van der Waals surface area contributed by atoms with Gasteiger partial charge < -0.3 is 4.98 Å². The van der Waals surface area contributed by atoms with E-state index in [1.54, 1.807) is 12.1 Å². The summed E-state index contributed by atoms with van der Waals surface area (Å²) in [5, 5.41) is 4.55. The maximum atomic E-state index is 14.5. The van der Waals surface area contributed by atoms with E-state index in [0.717, 1.165) is 12.1 Å². The van der Waals surface area contributed by atoms with Crippen LogP contribution in [0.5, 0.6) is 0 Å². The molecule has 4 aromatic rings. The zero-order valence-electron chi connectivity index (χ0n) is 13.6. The van der Waals surface area contributed by atoms with Crippen LogP contribution in [0.3, 0.4) is 0 Å². The molecular formula is C19H11F4N3O. The molecule has 0 aliphatic carbocycles. The standard InChI is InChI=1S/C19H11F4N3O/c20-14-2-1-3-15-17(14)18(11-8-9-24-16(27)10-11)25-26(15)13-6-4-12(5-7-13)19(21,22)23/h1-10H,(H,24,27). The fourth-order valence-corrected chi connectivity index (χ4v) is 2.91. The van der Waals surface area contributed by atoms with Gasteiger partial charge in [0.15, 0.2) is 0 Å². The van der Waals surface area contributed by atoms with E-state index in [4.69, 9.17) is 0 Å². The van der Waals surface area contributed by atoms with Crippen LogP contribution in [0.25, 0.3) is 27.8 Å². The fourth-order valence-electron chi connectivity index (χ4n) is 2.91. The van der Waals surface area contributed by atoms with Gasteiger partial charge in [0, 0.05) is 17.8 Å². The number of fused-ring (bicyclic) bond motifs is 1. The van der Waals surface area contributed by atoms with Gasteiger partial charge >= 0.3 is 6.18 Å². The highest BCUT2D eigenvalue weighted by atomic mass is 19.4. The molecule has 0 saturated heterocycles. The summed E-state index contributed by atoms with van der Waals surface area (Å²) in [6.07, 6.45) is -3.03. The van der Waals surface area contributed by atoms with Crippen LogP contribution in [0.15, 0.2) is 65.6 Å². The van der Waals surface area contributed by atoms with Crippen molar-refractivity contribution in [3.8, 4) is 16.9 Å². The third kappa shape index (κ3) is 2.99. The summed E-state index contributed by atoms with van der Waals surface area (Å²) >= 11 is 0. The molecule has 0 spiro atoms. The molecule has 8 heteroatoms. The maximum Gasteiger partial charge on any atom is 0.416 e. The minimum Gasteiger partial charge on any atom is -0.329 e. The number of halogens is 4. The van der Waals surface area contributed by atoms with Crippen molar-refractivity contribution in [3.05, 3.63) is 82.5 Å². The Morgan fingerprint density at radius 1 is 1.00 bits per heavy atom. The number of aromatic amines is 1. The van der Waals surface area contributed by atoms with Gasteiger partial charge in [-0.25, -0.2) is 9.07 Å². The molecule has 1 N–H and O–H groups in total. The molecule has 0 aliphatic heterocycles. The summed E-state index contributed by atoms with van der Waals surface area (Å²) in [7, 11) is 0. The Labute approximate surface area is 149 Å². The topological polar surface area (TPSA) is 50.7 Å². The van der Waals surface area contributed by atoms with Crippen LogP contribution >= 0.6 is 0 Å². The first-order valence-corrected chi connectivity index (χ1v) is 7.88. The van der Waals surface area contributed by atoms with Crippen molar-refractivity contribution in [1.82, 2.24) is 14.8 Å². The highest BCUT2D eigenvalue weighted by Gasteiger charge is 2.30. The molecular weight excluding hydrogens is 362 g/mol. The molecule has 0 unspecified atom stereocenters. The Balaban J connectivity index is 1.95. The molecule has 0 bridgehead atoms. The Kier molecular flexibility index (Phi) is 3.83.